The van der Waals surface area contributed by atoms with Crippen molar-refractivity contribution in [2.75, 3.05) is 26.3 Å². The van der Waals surface area contributed by atoms with Crippen LogP contribution in [0.4, 0.5) is 0 Å². The Bertz CT molecular complexity index is 356. The third-order valence-electron chi connectivity index (χ3n) is 2.15. The predicted molar refractivity (Wildman–Crippen MR) is 61.0 cm³/mol. The molecule has 1 aliphatic heterocycles. The van der Waals surface area contributed by atoms with Gasteiger partial charge in [-0.3, -0.25) is 0 Å². The van der Waals surface area contributed by atoms with Crippen molar-refractivity contribution in [1.82, 2.24) is 4.90 Å². The molecule has 0 bridgehead atoms. The van der Waals surface area contributed by atoms with E-state index in [9.17, 15) is 0 Å². The molecule has 1 heterocycles. The summed E-state index contributed by atoms with van der Waals surface area (Å²) in [7, 11) is 0. The number of aliphatic imine (C=N–C) groups is 1. The molecule has 0 amide bonds. The smallest absolute Gasteiger partial charge is 0.121 e. The highest BCUT2D eigenvalue weighted by molar-refractivity contribution is 5.85. The van der Waals surface area contributed by atoms with E-state index in [1.54, 1.807) is 0 Å². The van der Waals surface area contributed by atoms with Crippen molar-refractivity contribution in [3.63, 3.8) is 0 Å². The summed E-state index contributed by atoms with van der Waals surface area (Å²) in [5, 5.41) is 8.70. The molecule has 0 radical (unpaired) electrons. The van der Waals surface area contributed by atoms with E-state index in [0.717, 1.165) is 13.1 Å². The van der Waals surface area contributed by atoms with Crippen LogP contribution >= 0.6 is 0 Å². The van der Waals surface area contributed by atoms with Crippen molar-refractivity contribution >= 4 is 6.21 Å². The number of ether oxygens (including phenoxy) is 1. The molecule has 86 valence electrons. The molecule has 0 saturated carbocycles. The van der Waals surface area contributed by atoms with Gasteiger partial charge in [0.2, 0.25) is 0 Å². The van der Waals surface area contributed by atoms with E-state index >= 15 is 0 Å². The highest BCUT2D eigenvalue weighted by Gasteiger charge is 2.10. The lowest BCUT2D eigenvalue weighted by atomic mass is 10.3. The zero-order valence-corrected chi connectivity index (χ0v) is 9.02. The molecule has 0 spiro atoms. The molecular formula is C10H15N5O. The minimum Gasteiger partial charge on any atom is -0.385 e. The van der Waals surface area contributed by atoms with E-state index in [0.29, 0.717) is 19.0 Å². The normalized spacial score (nSPS) is 15.8. The van der Waals surface area contributed by atoms with Crippen LogP contribution < -0.4 is 11.5 Å². The van der Waals surface area contributed by atoms with Crippen molar-refractivity contribution in [2.45, 2.75) is 0 Å². The number of morpholine rings is 1. The fourth-order valence-corrected chi connectivity index (χ4v) is 1.21. The van der Waals surface area contributed by atoms with Gasteiger partial charge in [0.15, 0.2) is 0 Å². The van der Waals surface area contributed by atoms with Crippen LogP contribution in [-0.4, -0.2) is 37.4 Å². The number of rotatable bonds is 3. The summed E-state index contributed by atoms with van der Waals surface area (Å²) in [5.41, 5.74) is 10.7. The van der Waals surface area contributed by atoms with Gasteiger partial charge in [-0.2, -0.15) is 5.26 Å². The molecule has 0 atom stereocenters. The summed E-state index contributed by atoms with van der Waals surface area (Å²) in [6.45, 7) is 6.62. The van der Waals surface area contributed by atoms with Gasteiger partial charge in [-0.05, 0) is 0 Å². The third-order valence-corrected chi connectivity index (χ3v) is 2.15. The van der Waals surface area contributed by atoms with E-state index in [4.69, 9.17) is 21.5 Å². The quantitative estimate of drug-likeness (QED) is 0.495. The zero-order chi connectivity index (χ0) is 12.0. The fourth-order valence-electron chi connectivity index (χ4n) is 1.21. The Labute approximate surface area is 94.5 Å². The molecule has 0 aromatic heterocycles. The Kier molecular flexibility index (Phi) is 4.36. The average molecular weight is 221 g/mol. The topological polar surface area (TPSA) is 101 Å². The van der Waals surface area contributed by atoms with E-state index < -0.39 is 0 Å². The van der Waals surface area contributed by atoms with E-state index in [1.807, 2.05) is 11.0 Å². The Balaban J connectivity index is 2.60. The molecule has 4 N–H and O–H groups in total. The van der Waals surface area contributed by atoms with Gasteiger partial charge in [-0.15, -0.1) is 0 Å². The first-order valence-electron chi connectivity index (χ1n) is 4.86. The molecule has 0 aromatic rings. The number of hydrogen-bond donors (Lipinski definition) is 2. The molecule has 6 heteroatoms. The number of nitriles is 1. The molecule has 1 fully saturated rings. The van der Waals surface area contributed by atoms with Crippen LogP contribution in [0.25, 0.3) is 0 Å². The molecule has 6 nitrogen and oxygen atoms in total. The molecule has 16 heavy (non-hydrogen) atoms. The summed E-state index contributed by atoms with van der Waals surface area (Å²) >= 11 is 0. The van der Waals surface area contributed by atoms with Gasteiger partial charge in [-0.1, -0.05) is 6.58 Å². The summed E-state index contributed by atoms with van der Waals surface area (Å²) in [6, 6.07) is 1.86. The lowest BCUT2D eigenvalue weighted by Gasteiger charge is -2.27. The lowest BCUT2D eigenvalue weighted by molar-refractivity contribution is 0.0534. The molecule has 0 unspecified atom stereocenters. The van der Waals surface area contributed by atoms with Crippen LogP contribution in [-0.2, 0) is 4.74 Å². The second-order valence-electron chi connectivity index (χ2n) is 3.25. The van der Waals surface area contributed by atoms with Crippen molar-refractivity contribution in [1.29, 1.82) is 5.26 Å². The van der Waals surface area contributed by atoms with Gasteiger partial charge in [0.05, 0.1) is 19.4 Å². The molecule has 1 saturated heterocycles. The summed E-state index contributed by atoms with van der Waals surface area (Å²) < 4.78 is 5.20. The number of nitrogens with zero attached hydrogens (tertiary/aromatic N) is 3. The summed E-state index contributed by atoms with van der Waals surface area (Å²) in [4.78, 5) is 6.02. The molecule has 0 aliphatic carbocycles. The molecule has 1 rings (SSSR count). The first kappa shape index (κ1) is 12.1. The van der Waals surface area contributed by atoms with Crippen LogP contribution in [0.2, 0.25) is 0 Å². The van der Waals surface area contributed by atoms with Crippen molar-refractivity contribution in [3.05, 3.63) is 23.8 Å². The Morgan fingerprint density at radius 2 is 2.06 bits per heavy atom. The fraction of sp³-hybridized carbons (Fsp3) is 0.400. The molecule has 0 aromatic carbocycles. The van der Waals surface area contributed by atoms with Crippen LogP contribution in [0.5, 0.6) is 0 Å². The zero-order valence-electron chi connectivity index (χ0n) is 9.02. The minimum atomic E-state index is -0.0407. The second-order valence-corrected chi connectivity index (χ2v) is 3.25. The van der Waals surface area contributed by atoms with Gasteiger partial charge in [0.1, 0.15) is 23.3 Å². The highest BCUT2D eigenvalue weighted by atomic mass is 16.5. The summed E-state index contributed by atoms with van der Waals surface area (Å²) in [5.74, 6) is 0.540. The Morgan fingerprint density at radius 1 is 1.44 bits per heavy atom. The third kappa shape index (κ3) is 3.29. The maximum Gasteiger partial charge on any atom is 0.121 e. The second kappa shape index (κ2) is 5.78. The monoisotopic (exact) mass is 221 g/mol. The number of allylic oxidation sites excluding steroid dienone is 1. The Morgan fingerprint density at radius 3 is 2.56 bits per heavy atom. The van der Waals surface area contributed by atoms with Crippen LogP contribution in [0.3, 0.4) is 0 Å². The van der Waals surface area contributed by atoms with Gasteiger partial charge in [0, 0.05) is 13.1 Å². The first-order chi connectivity index (χ1) is 7.65. The Hall–Kier alpha value is -2.00. The summed E-state index contributed by atoms with van der Waals surface area (Å²) in [6.07, 6.45) is 1.33. The predicted octanol–water partition coefficient (Wildman–Crippen LogP) is -0.487. The average Bonchev–Trinajstić information content (AvgIpc) is 2.30. The SMILES string of the molecule is C=C(/N=C\C(C#N)=C(N)N)N1CCOCC1. The van der Waals surface area contributed by atoms with Gasteiger partial charge in [-0.25, -0.2) is 4.99 Å². The number of nitrogens with two attached hydrogens (primary N) is 2. The van der Waals surface area contributed by atoms with Crippen molar-refractivity contribution in [2.24, 2.45) is 16.5 Å². The highest BCUT2D eigenvalue weighted by Crippen LogP contribution is 2.06. The van der Waals surface area contributed by atoms with Crippen LogP contribution in [0.1, 0.15) is 0 Å². The number of hydrogen-bond acceptors (Lipinski definition) is 6. The van der Waals surface area contributed by atoms with Gasteiger partial charge >= 0.3 is 0 Å². The van der Waals surface area contributed by atoms with Crippen molar-refractivity contribution < 1.29 is 4.74 Å². The molecular weight excluding hydrogens is 206 g/mol. The van der Waals surface area contributed by atoms with Gasteiger partial charge < -0.3 is 21.1 Å². The van der Waals surface area contributed by atoms with E-state index in [2.05, 4.69) is 11.6 Å². The van der Waals surface area contributed by atoms with Crippen LogP contribution in [0, 0.1) is 11.3 Å². The largest absolute Gasteiger partial charge is 0.385 e. The minimum absolute atomic E-state index is 0.0407. The molecule has 1 aliphatic rings. The first-order valence-corrected chi connectivity index (χ1v) is 4.86. The van der Waals surface area contributed by atoms with Crippen molar-refractivity contribution in [3.8, 4) is 6.07 Å². The van der Waals surface area contributed by atoms with Crippen LogP contribution in [0.15, 0.2) is 28.8 Å². The van der Waals surface area contributed by atoms with E-state index in [1.165, 1.54) is 6.21 Å². The standard InChI is InChI=1S/C10H15N5O/c1-8(15-2-4-16-5-3-15)14-7-9(6-11)10(12)13/h7H,1-5,12-13H2/b14-7-. The maximum absolute atomic E-state index is 8.70. The van der Waals surface area contributed by atoms with Gasteiger partial charge in [0.25, 0.3) is 0 Å². The van der Waals surface area contributed by atoms with E-state index in [-0.39, 0.29) is 11.4 Å². The lowest BCUT2D eigenvalue weighted by Crippen LogP contribution is -2.34. The maximum atomic E-state index is 8.70.